The molecule has 0 radical (unpaired) electrons. The largest absolute Gasteiger partial charge is 0.392 e. The van der Waals surface area contributed by atoms with Gasteiger partial charge in [0.2, 0.25) is 0 Å². The molecule has 36 heavy (non-hydrogen) atoms. The molecule has 1 saturated heterocycles. The van der Waals surface area contributed by atoms with E-state index in [0.717, 1.165) is 38.5 Å². The van der Waals surface area contributed by atoms with Crippen LogP contribution in [-0.4, -0.2) is 52.6 Å². The van der Waals surface area contributed by atoms with Crippen LogP contribution in [0.5, 0.6) is 0 Å². The summed E-state index contributed by atoms with van der Waals surface area (Å²) in [6.45, 7) is 17.2. The van der Waals surface area contributed by atoms with Crippen LogP contribution >= 0.6 is 0 Å². The number of hydrogen-bond donors (Lipinski definition) is 3. The van der Waals surface area contributed by atoms with Crippen molar-refractivity contribution >= 4 is 0 Å². The minimum absolute atomic E-state index is 0.0804. The van der Waals surface area contributed by atoms with Gasteiger partial charge in [0.05, 0.1) is 12.2 Å². The van der Waals surface area contributed by atoms with Gasteiger partial charge in [0.15, 0.2) is 6.29 Å². The van der Waals surface area contributed by atoms with E-state index < -0.39 is 17.8 Å². The van der Waals surface area contributed by atoms with E-state index in [1.54, 1.807) is 14.0 Å². The molecule has 0 amide bonds. The third-order valence-electron chi connectivity index (χ3n) is 12.8. The molecule has 0 aromatic heterocycles. The number of ether oxygens (including phenoxy) is 2. The van der Waals surface area contributed by atoms with Crippen LogP contribution in [0.1, 0.15) is 86.5 Å². The lowest BCUT2D eigenvalue weighted by Gasteiger charge is -2.65. The molecular weight excluding hydrogens is 452 g/mol. The van der Waals surface area contributed by atoms with E-state index >= 15 is 0 Å². The zero-order chi connectivity index (χ0) is 26.5. The van der Waals surface area contributed by atoms with Crippen molar-refractivity contribution in [1.82, 2.24) is 0 Å². The molecule has 5 heteroatoms. The van der Waals surface area contributed by atoms with Gasteiger partial charge in [0.25, 0.3) is 0 Å². The molecule has 4 fully saturated rings. The highest BCUT2D eigenvalue weighted by Crippen LogP contribution is 2.78. The summed E-state index contributed by atoms with van der Waals surface area (Å²) >= 11 is 0. The van der Waals surface area contributed by atoms with Crippen LogP contribution in [-0.2, 0) is 9.47 Å². The molecule has 1 unspecified atom stereocenters. The fraction of sp³-hybridized carbons (Fsp3) is 0.871. The molecule has 1 aliphatic heterocycles. The second-order valence-corrected chi connectivity index (χ2v) is 14.3. The van der Waals surface area contributed by atoms with Gasteiger partial charge in [-0.15, -0.1) is 0 Å². The quantitative estimate of drug-likeness (QED) is 0.433. The molecule has 1 heterocycles. The van der Waals surface area contributed by atoms with Crippen molar-refractivity contribution in [2.75, 3.05) is 7.11 Å². The van der Waals surface area contributed by atoms with Gasteiger partial charge in [-0.25, -0.2) is 0 Å². The Balaban J connectivity index is 1.51. The first-order chi connectivity index (χ1) is 16.7. The Bertz CT molecular complexity index is 928. The van der Waals surface area contributed by atoms with Crippen molar-refractivity contribution in [1.29, 1.82) is 0 Å². The molecule has 5 aliphatic rings. The zero-order valence-corrected chi connectivity index (χ0v) is 23.6. The van der Waals surface area contributed by atoms with E-state index in [2.05, 4.69) is 53.3 Å². The maximum atomic E-state index is 11.0. The summed E-state index contributed by atoms with van der Waals surface area (Å²) in [4.78, 5) is 0. The van der Waals surface area contributed by atoms with Gasteiger partial charge in [-0.2, -0.15) is 0 Å². The number of aliphatic hydroxyl groups is 3. The highest BCUT2D eigenvalue weighted by molar-refractivity contribution is 5.34. The molecule has 0 aromatic carbocycles. The summed E-state index contributed by atoms with van der Waals surface area (Å²) in [6.07, 6.45) is 9.38. The first-order valence-corrected chi connectivity index (χ1v) is 14.3. The monoisotopic (exact) mass is 502 g/mol. The van der Waals surface area contributed by atoms with Crippen molar-refractivity contribution in [3.05, 3.63) is 24.3 Å². The molecule has 204 valence electrons. The van der Waals surface area contributed by atoms with E-state index in [9.17, 15) is 15.3 Å². The number of methoxy groups -OCH3 is 1. The maximum absolute atomic E-state index is 11.0. The normalized spacial score (nSPS) is 51.1. The maximum Gasteiger partial charge on any atom is 0.164 e. The Morgan fingerprint density at radius 2 is 1.78 bits per heavy atom. The fourth-order valence-corrected chi connectivity index (χ4v) is 10.5. The average molecular weight is 503 g/mol. The number of aliphatic hydroxyl groups excluding tert-OH is 3. The first kappa shape index (κ1) is 26.9. The predicted octanol–water partition coefficient (Wildman–Crippen LogP) is 5.24. The van der Waals surface area contributed by atoms with E-state index in [0.29, 0.717) is 35.7 Å². The van der Waals surface area contributed by atoms with Crippen LogP contribution in [0.2, 0.25) is 0 Å². The van der Waals surface area contributed by atoms with Crippen LogP contribution in [0, 0.1) is 45.3 Å². The van der Waals surface area contributed by atoms with Gasteiger partial charge in [0.1, 0.15) is 11.7 Å². The topological polar surface area (TPSA) is 79.2 Å². The summed E-state index contributed by atoms with van der Waals surface area (Å²) in [5.74, 6) is 1.49. The van der Waals surface area contributed by atoms with Gasteiger partial charge in [-0.1, -0.05) is 53.3 Å². The Labute approximate surface area is 218 Å². The number of hydrogen-bond acceptors (Lipinski definition) is 5. The molecule has 5 rings (SSSR count). The summed E-state index contributed by atoms with van der Waals surface area (Å²) in [5.41, 5.74) is -0.0874. The minimum atomic E-state index is -0.861. The molecule has 12 atom stereocenters. The second-order valence-electron chi connectivity index (χ2n) is 14.3. The standard InChI is InChI=1S/C31H50O5/c1-18(2)25(34)21(32)17-19(3)20-11-13-29(7)22-12-14-31-23(9-10-24(33)27(31,4)5)30(22,26(35-8)36-31)16-15-28(20,29)6/h12,14,19-26,32-34H,1,9-11,13,15-17H2,2-8H3/t19-,20-,21-,22+,23+,24+,25-,26-,28-,29+,30?,31-/m1/s1. The highest BCUT2D eigenvalue weighted by atomic mass is 16.7. The van der Waals surface area contributed by atoms with Crippen molar-refractivity contribution in [3.8, 4) is 0 Å². The van der Waals surface area contributed by atoms with Gasteiger partial charge in [-0.3, -0.25) is 0 Å². The average Bonchev–Trinajstić information content (AvgIpc) is 3.19. The lowest BCUT2D eigenvalue weighted by Crippen LogP contribution is -2.65. The third kappa shape index (κ3) is 3.07. The summed E-state index contributed by atoms with van der Waals surface area (Å²) < 4.78 is 13.1. The lowest BCUT2D eigenvalue weighted by atomic mass is 9.38. The zero-order valence-electron chi connectivity index (χ0n) is 23.6. The number of allylic oxidation sites excluding steroid dienone is 1. The van der Waals surface area contributed by atoms with E-state index in [1.807, 2.05) is 0 Å². The summed E-state index contributed by atoms with van der Waals surface area (Å²) in [7, 11) is 1.80. The first-order valence-electron chi connectivity index (χ1n) is 14.3. The molecule has 3 saturated carbocycles. The molecule has 5 nitrogen and oxygen atoms in total. The van der Waals surface area contributed by atoms with Crippen LogP contribution in [0.15, 0.2) is 24.3 Å². The van der Waals surface area contributed by atoms with Crippen LogP contribution in [0.4, 0.5) is 0 Å². The Kier molecular flexibility index (Phi) is 6.26. The summed E-state index contributed by atoms with van der Waals surface area (Å²) in [6, 6.07) is 0. The number of rotatable bonds is 6. The van der Waals surface area contributed by atoms with Crippen molar-refractivity contribution < 1.29 is 24.8 Å². The highest BCUT2D eigenvalue weighted by Gasteiger charge is 2.78. The van der Waals surface area contributed by atoms with Gasteiger partial charge in [-0.05, 0) is 86.0 Å². The lowest BCUT2D eigenvalue weighted by molar-refractivity contribution is -0.225. The predicted molar refractivity (Wildman–Crippen MR) is 141 cm³/mol. The summed E-state index contributed by atoms with van der Waals surface area (Å²) in [5, 5.41) is 32.1. The Morgan fingerprint density at radius 3 is 2.42 bits per heavy atom. The van der Waals surface area contributed by atoms with Gasteiger partial charge >= 0.3 is 0 Å². The second kappa shape index (κ2) is 8.39. The van der Waals surface area contributed by atoms with Crippen LogP contribution in [0.25, 0.3) is 0 Å². The van der Waals surface area contributed by atoms with Crippen molar-refractivity contribution in [2.45, 2.75) is 117 Å². The smallest absolute Gasteiger partial charge is 0.164 e. The molecule has 2 bridgehead atoms. The molecule has 3 N–H and O–H groups in total. The van der Waals surface area contributed by atoms with Crippen LogP contribution in [0.3, 0.4) is 0 Å². The SMILES string of the molecule is C=C(C)[C@@H](O)[C@H](O)C[C@@H](C)[C@H]1CC[C@@]2(C)[C@@H]3C=C[C@@]45O[C@@H](OC)C3(CC[C@]12C)[C@@H]4CC[C@H](O)C5(C)C. The number of fused-ring (bicyclic) bond motifs is 2. The van der Waals surface area contributed by atoms with Gasteiger partial charge < -0.3 is 24.8 Å². The van der Waals surface area contributed by atoms with E-state index in [1.165, 1.54) is 0 Å². The minimum Gasteiger partial charge on any atom is -0.392 e. The molecule has 0 aromatic rings. The Hall–Kier alpha value is -0.720. The fourth-order valence-electron chi connectivity index (χ4n) is 10.5. The van der Waals surface area contributed by atoms with Crippen molar-refractivity contribution in [3.63, 3.8) is 0 Å². The van der Waals surface area contributed by atoms with Crippen LogP contribution < -0.4 is 0 Å². The third-order valence-corrected chi connectivity index (χ3v) is 12.8. The Morgan fingerprint density at radius 1 is 1.08 bits per heavy atom. The molecular formula is C31H50O5. The molecule has 1 spiro atoms. The van der Waals surface area contributed by atoms with E-state index in [4.69, 9.17) is 9.47 Å². The van der Waals surface area contributed by atoms with Gasteiger partial charge in [0, 0.05) is 23.9 Å². The van der Waals surface area contributed by atoms with E-state index in [-0.39, 0.29) is 34.1 Å². The molecule has 4 aliphatic carbocycles. The van der Waals surface area contributed by atoms with Crippen molar-refractivity contribution in [2.24, 2.45) is 45.3 Å².